The molecule has 0 spiro atoms. The molecule has 1 heterocycles. The van der Waals surface area contributed by atoms with Crippen LogP contribution >= 0.6 is 0 Å². The van der Waals surface area contributed by atoms with Crippen molar-refractivity contribution < 1.29 is 4.79 Å². The third-order valence-corrected chi connectivity index (χ3v) is 5.17. The van der Waals surface area contributed by atoms with E-state index in [9.17, 15) is 4.79 Å². The highest BCUT2D eigenvalue weighted by atomic mass is 16.2. The van der Waals surface area contributed by atoms with Crippen LogP contribution in [0.2, 0.25) is 0 Å². The molecule has 0 atom stereocenters. The summed E-state index contributed by atoms with van der Waals surface area (Å²) in [7, 11) is 0. The van der Waals surface area contributed by atoms with Crippen LogP contribution in [-0.4, -0.2) is 37.0 Å². The second-order valence-electron chi connectivity index (χ2n) is 6.56. The molecule has 0 bridgehead atoms. The van der Waals surface area contributed by atoms with Crippen LogP contribution in [0.5, 0.6) is 0 Å². The Labute approximate surface area is 137 Å². The Kier molecular flexibility index (Phi) is 3.56. The minimum Gasteiger partial charge on any atom is -0.368 e. The van der Waals surface area contributed by atoms with Crippen LogP contribution < -0.4 is 4.90 Å². The van der Waals surface area contributed by atoms with Crippen LogP contribution in [0, 0.1) is 0 Å². The molecule has 3 nitrogen and oxygen atoms in total. The first-order valence-electron chi connectivity index (χ1n) is 8.44. The van der Waals surface area contributed by atoms with E-state index in [0.717, 1.165) is 39.0 Å². The summed E-state index contributed by atoms with van der Waals surface area (Å²) in [5, 5.41) is 0. The summed E-state index contributed by atoms with van der Waals surface area (Å²) in [5.74, 6) is 0.330. The normalized spacial score (nSPS) is 19.5. The zero-order valence-corrected chi connectivity index (χ0v) is 13.3. The maximum absolute atomic E-state index is 13.0. The van der Waals surface area contributed by atoms with Crippen molar-refractivity contribution in [2.45, 2.75) is 18.3 Å². The average molecular weight is 306 g/mol. The first-order valence-corrected chi connectivity index (χ1v) is 8.44. The summed E-state index contributed by atoms with van der Waals surface area (Å²) in [6.45, 7) is 3.48. The van der Waals surface area contributed by atoms with E-state index in [1.165, 1.54) is 11.3 Å². The molecule has 0 N–H and O–H groups in total. The summed E-state index contributed by atoms with van der Waals surface area (Å²) < 4.78 is 0. The van der Waals surface area contributed by atoms with Gasteiger partial charge in [0.05, 0.1) is 5.41 Å². The van der Waals surface area contributed by atoms with Gasteiger partial charge in [0, 0.05) is 31.9 Å². The summed E-state index contributed by atoms with van der Waals surface area (Å²) in [6, 6.07) is 20.8. The molecule has 2 fully saturated rings. The Hall–Kier alpha value is -2.29. The highest BCUT2D eigenvalue weighted by Crippen LogP contribution is 2.49. The van der Waals surface area contributed by atoms with Gasteiger partial charge in [-0.25, -0.2) is 0 Å². The van der Waals surface area contributed by atoms with Crippen molar-refractivity contribution in [1.29, 1.82) is 0 Å². The highest BCUT2D eigenvalue weighted by Gasteiger charge is 2.53. The van der Waals surface area contributed by atoms with Crippen LogP contribution in [-0.2, 0) is 10.2 Å². The molecule has 2 aromatic carbocycles. The predicted molar refractivity (Wildman–Crippen MR) is 92.6 cm³/mol. The first kappa shape index (κ1) is 14.3. The second kappa shape index (κ2) is 5.73. The van der Waals surface area contributed by atoms with E-state index in [0.29, 0.717) is 5.91 Å². The largest absolute Gasteiger partial charge is 0.368 e. The topological polar surface area (TPSA) is 23.6 Å². The minimum absolute atomic E-state index is 0.226. The van der Waals surface area contributed by atoms with Crippen molar-refractivity contribution in [3.8, 4) is 0 Å². The number of rotatable bonds is 3. The van der Waals surface area contributed by atoms with E-state index in [4.69, 9.17) is 0 Å². The van der Waals surface area contributed by atoms with E-state index in [2.05, 4.69) is 46.2 Å². The van der Waals surface area contributed by atoms with E-state index in [-0.39, 0.29) is 5.41 Å². The second-order valence-corrected chi connectivity index (χ2v) is 6.56. The van der Waals surface area contributed by atoms with Gasteiger partial charge in [-0.1, -0.05) is 48.5 Å². The van der Waals surface area contributed by atoms with Gasteiger partial charge in [-0.15, -0.1) is 0 Å². The Morgan fingerprint density at radius 1 is 0.783 bits per heavy atom. The minimum atomic E-state index is -0.226. The molecule has 2 aliphatic rings. The van der Waals surface area contributed by atoms with E-state index in [1.54, 1.807) is 0 Å². The lowest BCUT2D eigenvalue weighted by Crippen LogP contribution is -2.51. The lowest BCUT2D eigenvalue weighted by atomic mass is 9.94. The number of hydrogen-bond acceptors (Lipinski definition) is 2. The number of piperazine rings is 1. The lowest BCUT2D eigenvalue weighted by molar-refractivity contribution is -0.134. The molecule has 2 aromatic rings. The number of carbonyl (C=O) groups excluding carboxylic acids is 1. The first-order chi connectivity index (χ1) is 11.3. The molecule has 1 aliphatic heterocycles. The molecule has 1 aliphatic carbocycles. The molecule has 118 valence electrons. The van der Waals surface area contributed by atoms with Crippen LogP contribution in [0.1, 0.15) is 18.4 Å². The molecule has 0 unspecified atom stereocenters. The van der Waals surface area contributed by atoms with Gasteiger partial charge in [0.2, 0.25) is 5.91 Å². The average Bonchev–Trinajstić information content (AvgIpc) is 3.45. The number of hydrogen-bond donors (Lipinski definition) is 0. The fourth-order valence-electron chi connectivity index (χ4n) is 3.62. The molecular weight excluding hydrogens is 284 g/mol. The quantitative estimate of drug-likeness (QED) is 0.870. The van der Waals surface area contributed by atoms with Crippen LogP contribution in [0.4, 0.5) is 5.69 Å². The van der Waals surface area contributed by atoms with Crippen LogP contribution in [0.15, 0.2) is 60.7 Å². The van der Waals surface area contributed by atoms with Crippen LogP contribution in [0.3, 0.4) is 0 Å². The molecule has 3 heteroatoms. The monoisotopic (exact) mass is 306 g/mol. The van der Waals surface area contributed by atoms with Gasteiger partial charge in [0.15, 0.2) is 0 Å². The predicted octanol–water partition coefficient (Wildman–Crippen LogP) is 3.07. The summed E-state index contributed by atoms with van der Waals surface area (Å²) in [4.78, 5) is 17.5. The van der Waals surface area contributed by atoms with E-state index < -0.39 is 0 Å². The van der Waals surface area contributed by atoms with Gasteiger partial charge in [-0.2, -0.15) is 0 Å². The third kappa shape index (κ3) is 2.61. The summed E-state index contributed by atoms with van der Waals surface area (Å²) in [5.41, 5.74) is 2.22. The van der Waals surface area contributed by atoms with Crippen molar-refractivity contribution in [2.75, 3.05) is 31.1 Å². The molecular formula is C20H22N2O. The number of amides is 1. The van der Waals surface area contributed by atoms with Gasteiger partial charge in [0.25, 0.3) is 0 Å². The molecule has 0 radical (unpaired) electrons. The Morgan fingerprint density at radius 3 is 1.91 bits per heavy atom. The maximum atomic E-state index is 13.0. The zero-order valence-electron chi connectivity index (χ0n) is 13.3. The van der Waals surface area contributed by atoms with Crippen LogP contribution in [0.25, 0.3) is 0 Å². The molecule has 1 saturated carbocycles. The van der Waals surface area contributed by atoms with Gasteiger partial charge in [-0.05, 0) is 30.5 Å². The molecule has 4 rings (SSSR count). The lowest BCUT2D eigenvalue weighted by Gasteiger charge is -2.37. The fourth-order valence-corrected chi connectivity index (χ4v) is 3.62. The molecule has 1 amide bonds. The highest BCUT2D eigenvalue weighted by molar-refractivity contribution is 5.91. The Morgan fingerprint density at radius 2 is 1.35 bits per heavy atom. The summed E-state index contributed by atoms with van der Waals surface area (Å²) >= 11 is 0. The molecule has 1 saturated heterocycles. The summed E-state index contributed by atoms with van der Waals surface area (Å²) in [6.07, 6.45) is 1.99. The van der Waals surface area contributed by atoms with E-state index in [1.807, 2.05) is 24.3 Å². The number of para-hydroxylation sites is 1. The van der Waals surface area contributed by atoms with Crippen molar-refractivity contribution in [3.05, 3.63) is 66.2 Å². The number of carbonyl (C=O) groups is 1. The number of nitrogens with zero attached hydrogens (tertiary/aromatic N) is 2. The number of anilines is 1. The maximum Gasteiger partial charge on any atom is 0.233 e. The van der Waals surface area contributed by atoms with Crippen molar-refractivity contribution in [2.24, 2.45) is 0 Å². The number of benzene rings is 2. The van der Waals surface area contributed by atoms with Gasteiger partial charge < -0.3 is 9.80 Å². The third-order valence-electron chi connectivity index (χ3n) is 5.17. The smallest absolute Gasteiger partial charge is 0.233 e. The molecule has 0 aromatic heterocycles. The standard InChI is InChI=1S/C20H22N2O/c23-19(20(11-12-20)17-7-3-1-4-8-17)22-15-13-21(14-16-22)18-9-5-2-6-10-18/h1-10H,11-16H2. The molecule has 23 heavy (non-hydrogen) atoms. The Balaban J connectivity index is 1.44. The van der Waals surface area contributed by atoms with Gasteiger partial charge in [0.1, 0.15) is 0 Å². The SMILES string of the molecule is O=C(N1CCN(c2ccccc2)CC1)C1(c2ccccc2)CC1. The fraction of sp³-hybridized carbons (Fsp3) is 0.350. The van der Waals surface area contributed by atoms with E-state index >= 15 is 0 Å². The van der Waals surface area contributed by atoms with Crippen molar-refractivity contribution in [3.63, 3.8) is 0 Å². The van der Waals surface area contributed by atoms with Gasteiger partial charge >= 0.3 is 0 Å². The Bertz CT molecular complexity index is 671. The van der Waals surface area contributed by atoms with Crippen molar-refractivity contribution >= 4 is 11.6 Å². The van der Waals surface area contributed by atoms with Crippen molar-refractivity contribution in [1.82, 2.24) is 4.90 Å². The zero-order chi connectivity index (χ0) is 15.7. The van der Waals surface area contributed by atoms with Gasteiger partial charge in [-0.3, -0.25) is 4.79 Å².